The normalized spacial score (nSPS) is 14.1. The molecule has 1 aliphatic rings. The number of carbonyl (C=O) groups excluding carboxylic acids is 3. The largest absolute Gasteiger partial charge is 0.312 e. The van der Waals surface area contributed by atoms with Crippen LogP contribution in [0.3, 0.4) is 0 Å². The predicted molar refractivity (Wildman–Crippen MR) is 135 cm³/mol. The molecule has 35 heavy (non-hydrogen) atoms. The minimum absolute atomic E-state index is 0.0518. The van der Waals surface area contributed by atoms with Crippen LogP contribution >= 0.6 is 0 Å². The van der Waals surface area contributed by atoms with E-state index in [4.69, 9.17) is 11.6 Å². The molecule has 1 aliphatic heterocycles. The third-order valence-corrected chi connectivity index (χ3v) is 6.66. The molecule has 0 spiro atoms. The van der Waals surface area contributed by atoms with Crippen molar-refractivity contribution in [1.82, 2.24) is 14.5 Å². The fraction of sp³-hybridized carbons (Fsp3) is 0.393. The third-order valence-electron chi connectivity index (χ3n) is 6.66. The number of benzene rings is 1. The molecule has 0 bridgehead atoms. The van der Waals surface area contributed by atoms with E-state index in [2.05, 4.69) is 9.74 Å². The van der Waals surface area contributed by atoms with Gasteiger partial charge in [0.25, 0.3) is 0 Å². The molecule has 0 N–H and O–H groups in total. The number of pyridine rings is 1. The second-order valence-electron chi connectivity index (χ2n) is 9.14. The number of aryl methyl sites for hydroxylation is 1. The first-order chi connectivity index (χ1) is 17.0. The minimum Gasteiger partial charge on any atom is -0.312 e. The average molecular weight is 471 g/mol. The lowest BCUT2D eigenvalue weighted by Gasteiger charge is -2.25. The molecule has 7 heteroatoms. The fourth-order valence-corrected chi connectivity index (χ4v) is 4.83. The zero-order valence-corrected chi connectivity index (χ0v) is 20.1. The first kappa shape index (κ1) is 24.5. The van der Waals surface area contributed by atoms with Crippen molar-refractivity contribution in [3.8, 4) is 5.69 Å². The van der Waals surface area contributed by atoms with Crippen LogP contribution < -0.4 is 0 Å². The van der Waals surface area contributed by atoms with Gasteiger partial charge in [0.1, 0.15) is 12.1 Å². The van der Waals surface area contributed by atoms with E-state index in [1.807, 2.05) is 29.7 Å². The molecule has 3 aromatic rings. The van der Waals surface area contributed by atoms with Gasteiger partial charge in [0.15, 0.2) is 11.5 Å². The number of carbonyl (C=O) groups is 3. The number of aldehydes is 1. The van der Waals surface area contributed by atoms with Crippen LogP contribution in [0.2, 0.25) is 0 Å². The van der Waals surface area contributed by atoms with Crippen LogP contribution in [-0.2, 0) is 16.0 Å². The van der Waals surface area contributed by atoms with E-state index < -0.39 is 0 Å². The molecule has 1 aromatic carbocycles. The van der Waals surface area contributed by atoms with Crippen LogP contribution in [0.4, 0.5) is 5.69 Å². The number of Topliss-reactive ketones (excluding diaryl/α,β-unsaturated/α-hetero) is 2. The Hall–Kier alpha value is -3.63. The second-order valence-corrected chi connectivity index (χ2v) is 9.14. The maximum Gasteiger partial charge on any atom is 0.187 e. The Morgan fingerprint density at radius 2 is 1.86 bits per heavy atom. The number of ketones is 2. The van der Waals surface area contributed by atoms with Crippen molar-refractivity contribution in [3.05, 3.63) is 64.8 Å². The van der Waals surface area contributed by atoms with Gasteiger partial charge in [-0.05, 0) is 63.0 Å². The summed E-state index contributed by atoms with van der Waals surface area (Å²) >= 11 is 0. The molecule has 0 saturated carbocycles. The number of fused-ring (bicyclic) bond motifs is 1. The predicted octanol–water partition coefficient (Wildman–Crippen LogP) is 5.03. The standard InChI is InChI=1S/C28H30N4O3/c1-20-27(26(35)19-31-14-4-3-5-15-31)28-25(32(20)23-11-9-22(29-2)10-12-23)17-21(18-30-28)8-13-24(34)7-6-16-33/h9-12,16-18H,3-8,13-15,19H2,1H3. The Morgan fingerprint density at radius 3 is 2.54 bits per heavy atom. The van der Waals surface area contributed by atoms with Gasteiger partial charge in [-0.25, -0.2) is 4.85 Å². The van der Waals surface area contributed by atoms with Gasteiger partial charge in [-0.1, -0.05) is 18.6 Å². The van der Waals surface area contributed by atoms with Crippen molar-refractivity contribution in [2.75, 3.05) is 19.6 Å². The van der Waals surface area contributed by atoms with Crippen LogP contribution in [0.5, 0.6) is 0 Å². The number of hydrogen-bond acceptors (Lipinski definition) is 5. The van der Waals surface area contributed by atoms with Crippen molar-refractivity contribution in [2.24, 2.45) is 0 Å². The summed E-state index contributed by atoms with van der Waals surface area (Å²) in [6.45, 7) is 11.4. The summed E-state index contributed by atoms with van der Waals surface area (Å²) in [4.78, 5) is 46.5. The number of aromatic nitrogens is 2. The monoisotopic (exact) mass is 470 g/mol. The lowest BCUT2D eigenvalue weighted by Crippen LogP contribution is -2.34. The van der Waals surface area contributed by atoms with Crippen LogP contribution in [-0.4, -0.2) is 51.9 Å². The quantitative estimate of drug-likeness (QED) is 0.236. The van der Waals surface area contributed by atoms with E-state index >= 15 is 0 Å². The van der Waals surface area contributed by atoms with E-state index in [0.29, 0.717) is 36.2 Å². The number of rotatable bonds is 10. The van der Waals surface area contributed by atoms with E-state index in [1.165, 1.54) is 6.42 Å². The number of nitrogens with zero attached hydrogens (tertiary/aromatic N) is 4. The third kappa shape index (κ3) is 5.55. The molecule has 4 rings (SSSR count). The summed E-state index contributed by atoms with van der Waals surface area (Å²) in [6.07, 6.45) is 7.36. The smallest absolute Gasteiger partial charge is 0.187 e. The summed E-state index contributed by atoms with van der Waals surface area (Å²) < 4.78 is 2.03. The summed E-state index contributed by atoms with van der Waals surface area (Å²) in [7, 11) is 0. The summed E-state index contributed by atoms with van der Waals surface area (Å²) in [5.74, 6) is 0.117. The maximum absolute atomic E-state index is 13.5. The Bertz CT molecular complexity index is 1280. The zero-order chi connectivity index (χ0) is 24.8. The SMILES string of the molecule is [C-]#[N+]c1ccc(-n2c(C)c(C(=O)CN3CCCCC3)c3ncc(CCC(=O)CCC=O)cc32)cc1. The molecule has 1 fully saturated rings. The molecule has 7 nitrogen and oxygen atoms in total. The number of likely N-dealkylation sites (tertiary alicyclic amines) is 1. The number of piperidine rings is 1. The molecular weight excluding hydrogens is 440 g/mol. The van der Waals surface area contributed by atoms with Crippen LogP contribution in [0.25, 0.3) is 21.6 Å². The molecular formula is C28H30N4O3. The van der Waals surface area contributed by atoms with Crippen LogP contribution in [0.15, 0.2) is 36.5 Å². The van der Waals surface area contributed by atoms with Gasteiger partial charge in [0.2, 0.25) is 0 Å². The average Bonchev–Trinajstić information content (AvgIpc) is 3.17. The first-order valence-corrected chi connectivity index (χ1v) is 12.2. The van der Waals surface area contributed by atoms with Gasteiger partial charge in [-0.15, -0.1) is 0 Å². The molecule has 3 heterocycles. The highest BCUT2D eigenvalue weighted by molar-refractivity contribution is 6.09. The fourth-order valence-electron chi connectivity index (χ4n) is 4.83. The van der Waals surface area contributed by atoms with E-state index in [-0.39, 0.29) is 24.4 Å². The molecule has 0 aliphatic carbocycles. The highest BCUT2D eigenvalue weighted by Gasteiger charge is 2.24. The molecule has 180 valence electrons. The van der Waals surface area contributed by atoms with Gasteiger partial charge in [0.05, 0.1) is 29.7 Å². The molecule has 2 aromatic heterocycles. The van der Waals surface area contributed by atoms with Gasteiger partial charge in [-0.3, -0.25) is 19.5 Å². The highest BCUT2D eigenvalue weighted by Crippen LogP contribution is 2.30. The van der Waals surface area contributed by atoms with Crippen molar-refractivity contribution in [2.45, 2.75) is 51.9 Å². The van der Waals surface area contributed by atoms with Crippen molar-refractivity contribution in [1.29, 1.82) is 0 Å². The van der Waals surface area contributed by atoms with E-state index in [1.54, 1.807) is 18.3 Å². The van der Waals surface area contributed by atoms with Gasteiger partial charge in [0, 0.05) is 36.8 Å². The number of hydrogen-bond donors (Lipinski definition) is 0. The summed E-state index contributed by atoms with van der Waals surface area (Å²) in [5.41, 5.74) is 5.25. The van der Waals surface area contributed by atoms with Crippen molar-refractivity contribution < 1.29 is 14.4 Å². The molecule has 0 atom stereocenters. The van der Waals surface area contributed by atoms with Gasteiger partial charge in [-0.2, -0.15) is 0 Å². The Balaban J connectivity index is 1.72. The summed E-state index contributed by atoms with van der Waals surface area (Å²) in [5, 5.41) is 0. The maximum atomic E-state index is 13.5. The van der Waals surface area contributed by atoms with Gasteiger partial charge < -0.3 is 9.36 Å². The molecule has 1 saturated heterocycles. The first-order valence-electron chi connectivity index (χ1n) is 12.2. The molecule has 0 radical (unpaired) electrons. The zero-order valence-electron chi connectivity index (χ0n) is 20.1. The van der Waals surface area contributed by atoms with Crippen molar-refractivity contribution in [3.63, 3.8) is 0 Å². The lowest BCUT2D eigenvalue weighted by atomic mass is 10.0. The van der Waals surface area contributed by atoms with E-state index in [9.17, 15) is 14.4 Å². The topological polar surface area (TPSA) is 76.6 Å². The highest BCUT2D eigenvalue weighted by atomic mass is 16.1. The Morgan fingerprint density at radius 1 is 1.11 bits per heavy atom. The van der Waals surface area contributed by atoms with Crippen LogP contribution in [0, 0.1) is 13.5 Å². The van der Waals surface area contributed by atoms with E-state index in [0.717, 1.165) is 54.7 Å². The minimum atomic E-state index is 0.0518. The molecule has 0 amide bonds. The lowest BCUT2D eigenvalue weighted by molar-refractivity contribution is -0.120. The Labute approximate surface area is 205 Å². The molecule has 0 unspecified atom stereocenters. The summed E-state index contributed by atoms with van der Waals surface area (Å²) in [6, 6.07) is 9.31. The second kappa shape index (κ2) is 11.2. The Kier molecular flexibility index (Phi) is 7.84. The van der Waals surface area contributed by atoms with Crippen molar-refractivity contribution >= 4 is 34.6 Å². The van der Waals surface area contributed by atoms with Gasteiger partial charge >= 0.3 is 0 Å². The van der Waals surface area contributed by atoms with Crippen LogP contribution in [0.1, 0.15) is 60.1 Å².